The molecule has 1 saturated heterocycles. The Kier molecular flexibility index (Phi) is 4.12. The summed E-state index contributed by atoms with van der Waals surface area (Å²) in [7, 11) is -3.57. The molecule has 9 heteroatoms. The number of hydrogen-bond donors (Lipinski definition) is 0. The summed E-state index contributed by atoms with van der Waals surface area (Å²) in [5.74, 6) is 1.46. The average Bonchev–Trinajstić information content (AvgIpc) is 2.93. The third kappa shape index (κ3) is 2.98. The maximum Gasteiger partial charge on any atom is 0.285 e. The van der Waals surface area contributed by atoms with Gasteiger partial charge in [0, 0.05) is 37.9 Å². The van der Waals surface area contributed by atoms with Gasteiger partial charge in [0.05, 0.1) is 0 Å². The third-order valence-corrected chi connectivity index (χ3v) is 6.20. The molecule has 2 aromatic rings. The van der Waals surface area contributed by atoms with Crippen molar-refractivity contribution in [2.75, 3.05) is 37.3 Å². The SMILES string of the molecule is CSc1nccc(N2CCN(C3=NS(=O)(=O)c4ccccc43)CC2)n1. The molecule has 2 aliphatic heterocycles. The van der Waals surface area contributed by atoms with Crippen molar-refractivity contribution < 1.29 is 8.42 Å². The number of aromatic nitrogens is 2. The van der Waals surface area contributed by atoms with Gasteiger partial charge in [0.15, 0.2) is 11.0 Å². The zero-order valence-corrected chi connectivity index (χ0v) is 15.3. The van der Waals surface area contributed by atoms with E-state index in [0.29, 0.717) is 29.4 Å². The van der Waals surface area contributed by atoms with Gasteiger partial charge in [0.2, 0.25) is 0 Å². The molecule has 0 bridgehead atoms. The smallest absolute Gasteiger partial charge is 0.285 e. The second-order valence-electron chi connectivity index (χ2n) is 5.76. The summed E-state index contributed by atoms with van der Waals surface area (Å²) in [6.45, 7) is 2.90. The molecule has 2 aliphatic rings. The Balaban J connectivity index is 1.53. The predicted octanol–water partition coefficient (Wildman–Crippen LogP) is 1.47. The Hall–Kier alpha value is -2.13. The molecule has 0 spiro atoms. The van der Waals surface area contributed by atoms with Gasteiger partial charge in [-0.2, -0.15) is 8.42 Å². The fourth-order valence-electron chi connectivity index (χ4n) is 3.07. The van der Waals surface area contributed by atoms with Crippen LogP contribution in [0.1, 0.15) is 5.56 Å². The zero-order valence-electron chi connectivity index (χ0n) is 13.7. The molecule has 0 atom stereocenters. The molecule has 0 radical (unpaired) electrons. The van der Waals surface area contributed by atoms with E-state index in [-0.39, 0.29) is 0 Å². The molecule has 0 N–H and O–H groups in total. The lowest BCUT2D eigenvalue weighted by Gasteiger charge is -2.36. The summed E-state index contributed by atoms with van der Waals surface area (Å²) in [5.41, 5.74) is 0.697. The largest absolute Gasteiger partial charge is 0.353 e. The van der Waals surface area contributed by atoms with Crippen LogP contribution in [0.3, 0.4) is 0 Å². The van der Waals surface area contributed by atoms with E-state index in [2.05, 4.69) is 19.3 Å². The standard InChI is InChI=1S/C16H17N5O2S2/c1-24-16-17-7-6-14(18-16)20-8-10-21(11-9-20)15-12-4-2-3-5-13(12)25(22,23)19-15/h2-7H,8-11H2,1H3. The molecule has 0 amide bonds. The maximum absolute atomic E-state index is 12.2. The minimum Gasteiger partial charge on any atom is -0.353 e. The molecule has 25 heavy (non-hydrogen) atoms. The van der Waals surface area contributed by atoms with Crippen LogP contribution in [0.25, 0.3) is 0 Å². The minimum absolute atomic E-state index is 0.299. The Bertz CT molecular complexity index is 937. The van der Waals surface area contributed by atoms with Gasteiger partial charge in [-0.1, -0.05) is 23.9 Å². The molecular formula is C16H17N5O2S2. The van der Waals surface area contributed by atoms with Crippen molar-refractivity contribution in [1.29, 1.82) is 0 Å². The van der Waals surface area contributed by atoms with Crippen LogP contribution < -0.4 is 4.90 Å². The Labute approximate surface area is 150 Å². The molecule has 130 valence electrons. The number of rotatable bonds is 2. The molecular weight excluding hydrogens is 358 g/mol. The summed E-state index contributed by atoms with van der Waals surface area (Å²) < 4.78 is 28.4. The molecule has 1 fully saturated rings. The van der Waals surface area contributed by atoms with E-state index in [1.807, 2.05) is 29.4 Å². The summed E-state index contributed by atoms with van der Waals surface area (Å²) in [5, 5.41) is 0.750. The molecule has 1 aromatic carbocycles. The van der Waals surface area contributed by atoms with Gasteiger partial charge in [0.1, 0.15) is 10.7 Å². The number of sulfonamides is 1. The van der Waals surface area contributed by atoms with Gasteiger partial charge in [-0.3, -0.25) is 0 Å². The van der Waals surface area contributed by atoms with Gasteiger partial charge in [-0.05, 0) is 24.5 Å². The molecule has 4 rings (SSSR count). The Morgan fingerprint density at radius 1 is 1.04 bits per heavy atom. The average molecular weight is 375 g/mol. The van der Waals surface area contributed by atoms with Crippen LogP contribution in [0.15, 0.2) is 51.0 Å². The van der Waals surface area contributed by atoms with E-state index >= 15 is 0 Å². The van der Waals surface area contributed by atoms with E-state index < -0.39 is 10.0 Å². The number of hydrogen-bond acceptors (Lipinski definition) is 7. The highest BCUT2D eigenvalue weighted by Gasteiger charge is 2.33. The van der Waals surface area contributed by atoms with Crippen LogP contribution in [-0.2, 0) is 10.0 Å². The first-order chi connectivity index (χ1) is 12.1. The van der Waals surface area contributed by atoms with E-state index in [0.717, 1.165) is 24.1 Å². The van der Waals surface area contributed by atoms with Crippen LogP contribution in [0.2, 0.25) is 0 Å². The summed E-state index contributed by atoms with van der Waals surface area (Å²) in [4.78, 5) is 13.3. The Morgan fingerprint density at radius 2 is 1.76 bits per heavy atom. The number of amidine groups is 1. The van der Waals surface area contributed by atoms with Gasteiger partial charge in [-0.15, -0.1) is 4.40 Å². The van der Waals surface area contributed by atoms with Crippen molar-refractivity contribution >= 4 is 33.4 Å². The number of fused-ring (bicyclic) bond motifs is 1. The molecule has 7 nitrogen and oxygen atoms in total. The van der Waals surface area contributed by atoms with Crippen LogP contribution in [-0.4, -0.2) is 61.6 Å². The maximum atomic E-state index is 12.2. The van der Waals surface area contributed by atoms with Gasteiger partial charge in [0.25, 0.3) is 10.0 Å². The van der Waals surface area contributed by atoms with Crippen molar-refractivity contribution in [2.24, 2.45) is 4.40 Å². The quantitative estimate of drug-likeness (QED) is 0.581. The minimum atomic E-state index is -3.57. The summed E-state index contributed by atoms with van der Waals surface area (Å²) in [6.07, 6.45) is 3.72. The highest BCUT2D eigenvalue weighted by molar-refractivity contribution is 7.98. The highest BCUT2D eigenvalue weighted by Crippen LogP contribution is 2.28. The van der Waals surface area contributed by atoms with E-state index in [1.165, 1.54) is 11.8 Å². The monoisotopic (exact) mass is 375 g/mol. The molecule has 1 aromatic heterocycles. The number of piperazine rings is 1. The van der Waals surface area contributed by atoms with Crippen LogP contribution in [0.4, 0.5) is 5.82 Å². The summed E-state index contributed by atoms with van der Waals surface area (Å²) >= 11 is 1.51. The van der Waals surface area contributed by atoms with Crippen LogP contribution >= 0.6 is 11.8 Å². The first-order valence-electron chi connectivity index (χ1n) is 7.90. The zero-order chi connectivity index (χ0) is 17.4. The van der Waals surface area contributed by atoms with E-state index in [4.69, 9.17) is 0 Å². The number of anilines is 1. The van der Waals surface area contributed by atoms with Gasteiger partial charge in [-0.25, -0.2) is 9.97 Å². The second-order valence-corrected chi connectivity index (χ2v) is 8.11. The van der Waals surface area contributed by atoms with E-state index in [1.54, 1.807) is 18.3 Å². The number of thioether (sulfide) groups is 1. The van der Waals surface area contributed by atoms with Gasteiger partial charge >= 0.3 is 0 Å². The molecule has 0 unspecified atom stereocenters. The van der Waals surface area contributed by atoms with Crippen molar-refractivity contribution in [3.63, 3.8) is 0 Å². The lowest BCUT2D eigenvalue weighted by Crippen LogP contribution is -2.49. The van der Waals surface area contributed by atoms with Gasteiger partial charge < -0.3 is 9.80 Å². The van der Waals surface area contributed by atoms with Crippen LogP contribution in [0, 0.1) is 0 Å². The molecule has 0 saturated carbocycles. The fraction of sp³-hybridized carbons (Fsp3) is 0.312. The third-order valence-electron chi connectivity index (χ3n) is 4.32. The number of nitrogens with zero attached hydrogens (tertiary/aromatic N) is 5. The van der Waals surface area contributed by atoms with Crippen molar-refractivity contribution in [3.05, 3.63) is 42.1 Å². The van der Waals surface area contributed by atoms with Crippen molar-refractivity contribution in [3.8, 4) is 0 Å². The lowest BCUT2D eigenvalue weighted by atomic mass is 10.1. The lowest BCUT2D eigenvalue weighted by molar-refractivity contribution is 0.385. The topological polar surface area (TPSA) is 78.8 Å². The normalized spacial score (nSPS) is 18.8. The van der Waals surface area contributed by atoms with E-state index in [9.17, 15) is 8.42 Å². The number of benzene rings is 1. The Morgan fingerprint density at radius 3 is 2.52 bits per heavy atom. The van der Waals surface area contributed by atoms with Crippen molar-refractivity contribution in [1.82, 2.24) is 14.9 Å². The van der Waals surface area contributed by atoms with Crippen LogP contribution in [0.5, 0.6) is 0 Å². The first kappa shape index (κ1) is 16.3. The molecule has 0 aliphatic carbocycles. The highest BCUT2D eigenvalue weighted by atomic mass is 32.2. The molecule has 3 heterocycles. The summed E-state index contributed by atoms with van der Waals surface area (Å²) in [6, 6.07) is 8.91. The fourth-order valence-corrected chi connectivity index (χ4v) is 4.65. The second kappa shape index (κ2) is 6.30. The predicted molar refractivity (Wildman–Crippen MR) is 97.8 cm³/mol. The van der Waals surface area contributed by atoms with Crippen molar-refractivity contribution in [2.45, 2.75) is 10.1 Å². The first-order valence-corrected chi connectivity index (χ1v) is 10.6.